The van der Waals surface area contributed by atoms with Gasteiger partial charge in [0.15, 0.2) is 0 Å². The molecule has 0 fully saturated rings. The summed E-state index contributed by atoms with van der Waals surface area (Å²) in [4.78, 5) is 11.5. The number of hydrogen-bond donors (Lipinski definition) is 0. The van der Waals surface area contributed by atoms with Gasteiger partial charge in [-0.1, -0.05) is 48.0 Å². The molecule has 2 aromatic carbocycles. The van der Waals surface area contributed by atoms with Gasteiger partial charge in [-0.25, -0.2) is 0 Å². The van der Waals surface area contributed by atoms with Crippen LogP contribution in [0, 0.1) is 0 Å². The van der Waals surface area contributed by atoms with Gasteiger partial charge in [0, 0.05) is 0 Å². The number of hydrogen-bond acceptors (Lipinski definition) is 1. The van der Waals surface area contributed by atoms with Gasteiger partial charge in [-0.2, -0.15) is 13.2 Å². The maximum absolute atomic E-state index is 12.6. The molecule has 23 heavy (non-hydrogen) atoms. The van der Waals surface area contributed by atoms with Crippen LogP contribution < -0.4 is 0 Å². The first-order valence-electron chi connectivity index (χ1n) is 7.40. The number of rotatable bonds is 2. The molecule has 0 aliphatic heterocycles. The van der Waals surface area contributed by atoms with E-state index in [1.807, 2.05) is 30.3 Å². The summed E-state index contributed by atoms with van der Waals surface area (Å²) in [6.45, 7) is 0. The van der Waals surface area contributed by atoms with Crippen molar-refractivity contribution in [2.75, 3.05) is 0 Å². The van der Waals surface area contributed by atoms with E-state index in [9.17, 15) is 18.0 Å². The first kappa shape index (κ1) is 15.5. The molecule has 2 aromatic rings. The van der Waals surface area contributed by atoms with Crippen molar-refractivity contribution in [2.24, 2.45) is 0 Å². The van der Waals surface area contributed by atoms with E-state index in [0.717, 1.165) is 48.0 Å². The number of halogens is 3. The Balaban J connectivity index is 1.92. The van der Waals surface area contributed by atoms with Crippen LogP contribution in [0.5, 0.6) is 0 Å². The maximum atomic E-state index is 12.6. The van der Waals surface area contributed by atoms with Gasteiger partial charge < -0.3 is 4.79 Å². The summed E-state index contributed by atoms with van der Waals surface area (Å²) in [7, 11) is 0. The second-order valence-corrected chi connectivity index (χ2v) is 5.65. The first-order chi connectivity index (χ1) is 11.0. The summed E-state index contributed by atoms with van der Waals surface area (Å²) in [5.41, 5.74) is 3.11. The van der Waals surface area contributed by atoms with Crippen molar-refractivity contribution >= 4 is 12.4 Å². The summed E-state index contributed by atoms with van der Waals surface area (Å²) in [6.07, 6.45) is -0.0156. The predicted octanol–water partition coefficient (Wildman–Crippen LogP) is 5.02. The SMILES string of the molecule is O=CC1C(=Cc2ccc(C(F)(F)F)cc2)CCc2ccccc21. The fraction of sp³-hybridized carbons (Fsp3) is 0.211. The Labute approximate surface area is 132 Å². The molecule has 0 amide bonds. The van der Waals surface area contributed by atoms with Crippen molar-refractivity contribution in [2.45, 2.75) is 24.9 Å². The molecule has 0 radical (unpaired) electrons. The molecular weight excluding hydrogens is 301 g/mol. The second-order valence-electron chi connectivity index (χ2n) is 5.65. The van der Waals surface area contributed by atoms with Crippen LogP contribution in [0.4, 0.5) is 13.2 Å². The number of aldehydes is 1. The molecule has 0 bridgehead atoms. The minimum absolute atomic E-state index is 0.317. The van der Waals surface area contributed by atoms with E-state index in [0.29, 0.717) is 5.56 Å². The highest BCUT2D eigenvalue weighted by atomic mass is 19.4. The van der Waals surface area contributed by atoms with Crippen molar-refractivity contribution in [3.8, 4) is 0 Å². The van der Waals surface area contributed by atoms with E-state index < -0.39 is 11.7 Å². The van der Waals surface area contributed by atoms with Gasteiger partial charge in [-0.15, -0.1) is 0 Å². The summed E-state index contributed by atoms with van der Waals surface area (Å²) in [6, 6.07) is 12.8. The molecule has 1 aliphatic carbocycles. The van der Waals surface area contributed by atoms with E-state index in [2.05, 4.69) is 0 Å². The van der Waals surface area contributed by atoms with Gasteiger partial charge in [0.1, 0.15) is 6.29 Å². The molecule has 1 aliphatic rings. The van der Waals surface area contributed by atoms with Crippen LogP contribution in [-0.2, 0) is 17.4 Å². The fourth-order valence-corrected chi connectivity index (χ4v) is 3.00. The number of benzene rings is 2. The van der Waals surface area contributed by atoms with Crippen LogP contribution in [0.3, 0.4) is 0 Å². The third kappa shape index (κ3) is 3.21. The largest absolute Gasteiger partial charge is 0.416 e. The Morgan fingerprint density at radius 3 is 2.30 bits per heavy atom. The molecule has 1 atom stereocenters. The molecule has 0 saturated heterocycles. The van der Waals surface area contributed by atoms with Crippen LogP contribution in [0.15, 0.2) is 54.1 Å². The van der Waals surface area contributed by atoms with Crippen LogP contribution in [0.1, 0.15) is 34.6 Å². The standard InChI is InChI=1S/C19H15F3O/c20-19(21,22)16-9-5-13(6-10-16)11-15-8-7-14-3-1-2-4-17(14)18(15)12-23/h1-6,9-12,18H,7-8H2. The molecule has 0 N–H and O–H groups in total. The molecular formula is C19H15F3O. The zero-order valence-corrected chi connectivity index (χ0v) is 12.3. The molecule has 3 rings (SSSR count). The Morgan fingerprint density at radius 2 is 1.65 bits per heavy atom. The monoisotopic (exact) mass is 316 g/mol. The zero-order chi connectivity index (χ0) is 16.4. The minimum Gasteiger partial charge on any atom is -0.302 e. The molecule has 0 aromatic heterocycles. The third-order valence-electron chi connectivity index (χ3n) is 4.20. The average Bonchev–Trinajstić information content (AvgIpc) is 2.54. The van der Waals surface area contributed by atoms with Gasteiger partial charge in [0.2, 0.25) is 0 Å². The predicted molar refractivity (Wildman–Crippen MR) is 83.0 cm³/mol. The highest BCUT2D eigenvalue weighted by Crippen LogP contribution is 2.36. The Kier molecular flexibility index (Phi) is 4.07. The molecule has 118 valence electrons. The minimum atomic E-state index is -4.33. The highest BCUT2D eigenvalue weighted by Gasteiger charge is 2.30. The summed E-state index contributed by atoms with van der Waals surface area (Å²) >= 11 is 0. The molecule has 0 saturated carbocycles. The Morgan fingerprint density at radius 1 is 0.957 bits per heavy atom. The highest BCUT2D eigenvalue weighted by molar-refractivity contribution is 5.74. The van der Waals surface area contributed by atoms with Crippen molar-refractivity contribution in [3.63, 3.8) is 0 Å². The second kappa shape index (κ2) is 6.03. The van der Waals surface area contributed by atoms with Gasteiger partial charge in [-0.3, -0.25) is 0 Å². The lowest BCUT2D eigenvalue weighted by atomic mass is 9.79. The normalized spacial score (nSPS) is 19.4. The lowest BCUT2D eigenvalue weighted by Crippen LogP contribution is -2.13. The third-order valence-corrected chi connectivity index (χ3v) is 4.20. The smallest absolute Gasteiger partial charge is 0.302 e. The van der Waals surface area contributed by atoms with Gasteiger partial charge in [-0.05, 0) is 41.7 Å². The van der Waals surface area contributed by atoms with Gasteiger partial charge in [0.25, 0.3) is 0 Å². The molecule has 4 heteroatoms. The summed E-state index contributed by atoms with van der Waals surface area (Å²) < 4.78 is 37.8. The van der Waals surface area contributed by atoms with Crippen molar-refractivity contribution in [3.05, 3.63) is 76.4 Å². The average molecular weight is 316 g/mol. The molecule has 0 spiro atoms. The summed E-state index contributed by atoms with van der Waals surface area (Å²) in [5.74, 6) is -0.317. The number of fused-ring (bicyclic) bond motifs is 1. The van der Waals surface area contributed by atoms with Crippen molar-refractivity contribution in [1.29, 1.82) is 0 Å². The van der Waals surface area contributed by atoms with E-state index in [1.165, 1.54) is 12.1 Å². The van der Waals surface area contributed by atoms with Gasteiger partial charge >= 0.3 is 6.18 Å². The molecule has 1 unspecified atom stereocenters. The Bertz CT molecular complexity index is 742. The number of aryl methyl sites for hydroxylation is 1. The first-order valence-corrected chi connectivity index (χ1v) is 7.40. The topological polar surface area (TPSA) is 17.1 Å². The van der Waals surface area contributed by atoms with Crippen LogP contribution in [-0.4, -0.2) is 6.29 Å². The van der Waals surface area contributed by atoms with Crippen LogP contribution in [0.2, 0.25) is 0 Å². The van der Waals surface area contributed by atoms with Crippen molar-refractivity contribution < 1.29 is 18.0 Å². The van der Waals surface area contributed by atoms with E-state index in [1.54, 1.807) is 0 Å². The lowest BCUT2D eigenvalue weighted by Gasteiger charge is -2.24. The Hall–Kier alpha value is -2.36. The van der Waals surface area contributed by atoms with E-state index >= 15 is 0 Å². The van der Waals surface area contributed by atoms with Crippen LogP contribution in [0.25, 0.3) is 6.08 Å². The number of allylic oxidation sites excluding steroid dienone is 1. The zero-order valence-electron chi connectivity index (χ0n) is 12.3. The fourth-order valence-electron chi connectivity index (χ4n) is 3.00. The number of alkyl halides is 3. The van der Waals surface area contributed by atoms with Crippen molar-refractivity contribution in [1.82, 2.24) is 0 Å². The molecule has 0 heterocycles. The van der Waals surface area contributed by atoms with E-state index in [4.69, 9.17) is 0 Å². The lowest BCUT2D eigenvalue weighted by molar-refractivity contribution is -0.137. The number of carbonyl (C=O) groups excluding carboxylic acids is 1. The van der Waals surface area contributed by atoms with Crippen LogP contribution >= 0.6 is 0 Å². The van der Waals surface area contributed by atoms with E-state index in [-0.39, 0.29) is 5.92 Å². The summed E-state index contributed by atoms with van der Waals surface area (Å²) in [5, 5.41) is 0. The number of carbonyl (C=O) groups is 1. The quantitative estimate of drug-likeness (QED) is 0.711. The van der Waals surface area contributed by atoms with Gasteiger partial charge in [0.05, 0.1) is 11.5 Å². The maximum Gasteiger partial charge on any atom is 0.416 e. The molecule has 1 nitrogen and oxygen atoms in total.